The molecule has 0 saturated heterocycles. The van der Waals surface area contributed by atoms with Gasteiger partial charge in [0.25, 0.3) is 0 Å². The van der Waals surface area contributed by atoms with Crippen LogP contribution in [0.2, 0.25) is 0 Å². The van der Waals surface area contributed by atoms with Crippen LogP contribution in [0.3, 0.4) is 0 Å². The molecule has 0 amide bonds. The fourth-order valence-electron chi connectivity index (χ4n) is 2.82. The maximum atomic E-state index is 6.22. The van der Waals surface area contributed by atoms with Gasteiger partial charge in [-0.05, 0) is 52.4 Å². The summed E-state index contributed by atoms with van der Waals surface area (Å²) in [4.78, 5) is 0. The lowest BCUT2D eigenvalue weighted by Crippen LogP contribution is -2.34. The Morgan fingerprint density at radius 2 is 1.58 bits per heavy atom. The van der Waals surface area contributed by atoms with E-state index in [-0.39, 0.29) is 10.8 Å². The van der Waals surface area contributed by atoms with Crippen molar-refractivity contribution in [3.05, 3.63) is 59.2 Å². The normalized spacial score (nSPS) is 11.7. The lowest BCUT2D eigenvalue weighted by molar-refractivity contribution is 0.196. The van der Waals surface area contributed by atoms with Gasteiger partial charge in [0, 0.05) is 30.6 Å². The molecule has 0 fully saturated rings. The Balaban J connectivity index is 1.97. The molecule has 0 aromatic heterocycles. The maximum absolute atomic E-state index is 6.22. The number of hydrogen-bond donors (Lipinski definition) is 3. The fraction of sp³-hybridized carbons (Fsp3) is 0.480. The van der Waals surface area contributed by atoms with Gasteiger partial charge in [0.2, 0.25) is 0 Å². The molecule has 0 bridgehead atoms. The molecule has 3 N–H and O–H groups in total. The van der Waals surface area contributed by atoms with Crippen LogP contribution in [0.25, 0.3) is 0 Å². The second-order valence-corrected chi connectivity index (χ2v) is 11.0. The summed E-state index contributed by atoms with van der Waals surface area (Å²) < 4.78 is 9.44. The summed E-state index contributed by atoms with van der Waals surface area (Å²) in [6.45, 7) is 15.2. The minimum absolute atomic E-state index is 0.0730. The summed E-state index contributed by atoms with van der Waals surface area (Å²) in [5.41, 5.74) is 4.82. The lowest BCUT2D eigenvalue weighted by Gasteiger charge is -2.24. The zero-order valence-corrected chi connectivity index (χ0v) is 21.5. The number of nitrogens with one attached hydrogen (secondary N) is 3. The van der Waals surface area contributed by atoms with Crippen LogP contribution in [0.1, 0.15) is 58.2 Å². The highest BCUT2D eigenvalue weighted by atomic mass is 32.2. The van der Waals surface area contributed by atoms with E-state index in [1.165, 1.54) is 11.1 Å². The summed E-state index contributed by atoms with van der Waals surface area (Å²) in [6, 6.07) is 14.8. The van der Waals surface area contributed by atoms with Crippen molar-refractivity contribution in [2.45, 2.75) is 60.0 Å². The van der Waals surface area contributed by atoms with Gasteiger partial charge >= 0.3 is 0 Å². The molecule has 0 aliphatic heterocycles. The highest BCUT2D eigenvalue weighted by molar-refractivity contribution is 7.99. The van der Waals surface area contributed by atoms with E-state index in [0.29, 0.717) is 24.8 Å². The smallest absolute Gasteiger partial charge is 0.166 e. The molecule has 170 valence electrons. The van der Waals surface area contributed by atoms with Crippen molar-refractivity contribution in [3.8, 4) is 5.75 Å². The Bertz CT molecular complexity index is 853. The molecular formula is C25H37N3OS2. The van der Waals surface area contributed by atoms with Crippen molar-refractivity contribution in [1.29, 1.82) is 0 Å². The van der Waals surface area contributed by atoms with E-state index in [2.05, 4.69) is 99.4 Å². The third kappa shape index (κ3) is 8.99. The third-order valence-electron chi connectivity index (χ3n) is 4.66. The molecule has 0 spiro atoms. The van der Waals surface area contributed by atoms with Crippen LogP contribution in [-0.4, -0.2) is 18.0 Å². The van der Waals surface area contributed by atoms with Crippen molar-refractivity contribution in [3.63, 3.8) is 0 Å². The first-order valence-corrected chi connectivity index (χ1v) is 12.3. The molecule has 0 unspecified atom stereocenters. The predicted molar refractivity (Wildman–Crippen MR) is 140 cm³/mol. The van der Waals surface area contributed by atoms with E-state index in [4.69, 9.17) is 17.0 Å². The molecule has 0 saturated carbocycles. The van der Waals surface area contributed by atoms with Crippen LogP contribution >= 0.6 is 24.2 Å². The summed E-state index contributed by atoms with van der Waals surface area (Å²) in [5.74, 6) is 0.925. The second kappa shape index (κ2) is 11.1. The number of ether oxygens (including phenoxy) is 1. The molecule has 0 atom stereocenters. The Morgan fingerprint density at radius 3 is 2.16 bits per heavy atom. The van der Waals surface area contributed by atoms with Gasteiger partial charge in [0.05, 0.1) is 6.61 Å². The van der Waals surface area contributed by atoms with Crippen molar-refractivity contribution < 1.29 is 4.74 Å². The summed E-state index contributed by atoms with van der Waals surface area (Å²) in [7, 11) is 0. The van der Waals surface area contributed by atoms with Gasteiger partial charge in [-0.3, -0.25) is 0 Å². The third-order valence-corrected chi connectivity index (χ3v) is 5.39. The minimum atomic E-state index is 0.0730. The van der Waals surface area contributed by atoms with Crippen molar-refractivity contribution in [2.75, 3.05) is 17.6 Å². The Morgan fingerprint density at radius 1 is 0.935 bits per heavy atom. The van der Waals surface area contributed by atoms with Crippen LogP contribution in [0, 0.1) is 5.41 Å². The van der Waals surface area contributed by atoms with Gasteiger partial charge in [0.15, 0.2) is 5.11 Å². The van der Waals surface area contributed by atoms with Gasteiger partial charge in [0.1, 0.15) is 5.75 Å². The van der Waals surface area contributed by atoms with Crippen molar-refractivity contribution >= 4 is 35.0 Å². The maximum Gasteiger partial charge on any atom is 0.166 e. The number of rotatable bonds is 8. The quantitative estimate of drug-likeness (QED) is 0.320. The van der Waals surface area contributed by atoms with Crippen molar-refractivity contribution in [2.24, 2.45) is 5.41 Å². The summed E-state index contributed by atoms with van der Waals surface area (Å²) in [6.07, 6.45) is 2.01. The molecule has 0 radical (unpaired) electrons. The Hall–Kier alpha value is -1.92. The molecular weight excluding hydrogens is 422 g/mol. The molecule has 0 aliphatic carbocycles. The zero-order valence-electron chi connectivity index (χ0n) is 19.9. The first kappa shape index (κ1) is 25.3. The summed E-state index contributed by atoms with van der Waals surface area (Å²) >= 11 is 7.08. The molecule has 6 heteroatoms. The number of hydrogen-bond acceptors (Lipinski definition) is 4. The van der Waals surface area contributed by atoms with Crippen LogP contribution in [0.15, 0.2) is 42.5 Å². The first-order chi connectivity index (χ1) is 14.5. The average Bonchev–Trinajstić information content (AvgIpc) is 2.69. The molecule has 2 aromatic carbocycles. The lowest BCUT2D eigenvalue weighted by atomic mass is 9.86. The molecule has 0 aliphatic rings. The predicted octanol–water partition coefficient (Wildman–Crippen LogP) is 6.26. The van der Waals surface area contributed by atoms with E-state index in [0.717, 1.165) is 17.0 Å². The van der Waals surface area contributed by atoms with E-state index < -0.39 is 0 Å². The van der Waals surface area contributed by atoms with E-state index in [1.807, 2.05) is 6.26 Å². The topological polar surface area (TPSA) is 45.3 Å². The van der Waals surface area contributed by atoms with Gasteiger partial charge in [-0.25, -0.2) is 0 Å². The van der Waals surface area contributed by atoms with Gasteiger partial charge < -0.3 is 20.1 Å². The monoisotopic (exact) mass is 459 g/mol. The van der Waals surface area contributed by atoms with E-state index in [9.17, 15) is 0 Å². The Kier molecular flexibility index (Phi) is 9.07. The molecule has 2 rings (SSSR count). The van der Waals surface area contributed by atoms with E-state index >= 15 is 0 Å². The van der Waals surface area contributed by atoms with Crippen LogP contribution in [0.5, 0.6) is 5.75 Å². The average molecular weight is 460 g/mol. The zero-order chi connectivity index (χ0) is 23.1. The minimum Gasteiger partial charge on any atom is -0.493 e. The van der Waals surface area contributed by atoms with Gasteiger partial charge in [-0.1, -0.05) is 77.8 Å². The first-order valence-electron chi connectivity index (χ1n) is 10.6. The number of benzene rings is 2. The number of thiocarbonyl (C=S) groups is 1. The van der Waals surface area contributed by atoms with E-state index in [1.54, 1.807) is 11.9 Å². The SMILES string of the molecule is CSNc1ccc(CNC(=S)NCc2ccc(C(C)(C)C)cc2OCC(C)(C)C)cc1. The van der Waals surface area contributed by atoms with Crippen LogP contribution < -0.4 is 20.1 Å². The van der Waals surface area contributed by atoms with Crippen LogP contribution in [-0.2, 0) is 18.5 Å². The molecule has 0 heterocycles. The molecule has 31 heavy (non-hydrogen) atoms. The van der Waals surface area contributed by atoms with Crippen LogP contribution in [0.4, 0.5) is 5.69 Å². The standard InChI is InChI=1S/C25H37N3OS2/c1-24(2,3)17-29-22-14-20(25(4,5)6)11-10-19(22)16-27-23(30)26-15-18-8-12-21(13-9-18)28-31-7/h8-14,28H,15-17H2,1-7H3,(H2,26,27,30). The number of anilines is 1. The molecule has 4 nitrogen and oxygen atoms in total. The highest BCUT2D eigenvalue weighted by Gasteiger charge is 2.18. The Labute approximate surface area is 198 Å². The van der Waals surface area contributed by atoms with Gasteiger partial charge in [-0.15, -0.1) is 0 Å². The molecule has 2 aromatic rings. The highest BCUT2D eigenvalue weighted by Crippen LogP contribution is 2.30. The second-order valence-electron chi connectivity index (χ2n) is 9.96. The van der Waals surface area contributed by atoms with Gasteiger partial charge in [-0.2, -0.15) is 0 Å². The van der Waals surface area contributed by atoms with Crippen molar-refractivity contribution in [1.82, 2.24) is 10.6 Å². The fourth-order valence-corrected chi connectivity index (χ4v) is 3.34. The largest absolute Gasteiger partial charge is 0.493 e. The summed E-state index contributed by atoms with van der Waals surface area (Å²) in [5, 5.41) is 7.24.